The van der Waals surface area contributed by atoms with Crippen molar-refractivity contribution in [3.05, 3.63) is 81.7 Å². The summed E-state index contributed by atoms with van der Waals surface area (Å²) in [7, 11) is -3.81. The van der Waals surface area contributed by atoms with E-state index in [0.29, 0.717) is 45.2 Å². The first-order valence-corrected chi connectivity index (χ1v) is 18.0. The van der Waals surface area contributed by atoms with Crippen LogP contribution in [-0.2, 0) is 13.6 Å². The van der Waals surface area contributed by atoms with Gasteiger partial charge < -0.3 is 14.0 Å². The van der Waals surface area contributed by atoms with Crippen LogP contribution >= 0.6 is 19.2 Å². The third-order valence-electron chi connectivity index (χ3n) is 8.19. The number of carbonyl (C=O) groups is 1. The van der Waals surface area contributed by atoms with Crippen LogP contribution < -0.4 is 14.0 Å². The van der Waals surface area contributed by atoms with Crippen molar-refractivity contribution in [1.29, 1.82) is 0 Å². The molecule has 0 radical (unpaired) electrons. The summed E-state index contributed by atoms with van der Waals surface area (Å²) in [6.45, 7) is 11.2. The van der Waals surface area contributed by atoms with Gasteiger partial charge in [0.05, 0.1) is 13.2 Å². The fourth-order valence-electron chi connectivity index (χ4n) is 6.13. The molecule has 3 atom stereocenters. The zero-order valence-electron chi connectivity index (χ0n) is 26.7. The number of benzene rings is 3. The number of hydrogen-bond acceptors (Lipinski definition) is 9. The molecule has 1 saturated carbocycles. The molecule has 0 spiro atoms. The largest absolute Gasteiger partial charge is 0.530 e. The zero-order chi connectivity index (χ0) is 32.6. The standard InChI is InChI=1S/C35H39FNO7PS/c1-6-40-45(39,41-7-2)44-26-12-13-28-31(18-26)46-35(33(38)32-22(4)16-21(3)17-23(32)5)34(28)43-25-10-8-24(9-11-25)42-27-14-15-37(20-27)30-19-29(30)36/h8-13,16-18,27,29-30H,6-7,14-15,19-20H2,1-5H3/t27-,29?,30?/m0/s1. The summed E-state index contributed by atoms with van der Waals surface area (Å²) in [4.78, 5) is 16.8. The predicted molar refractivity (Wildman–Crippen MR) is 178 cm³/mol. The minimum Gasteiger partial charge on any atom is -0.489 e. The molecule has 1 saturated heterocycles. The molecule has 2 heterocycles. The van der Waals surface area contributed by atoms with Gasteiger partial charge in [-0.05, 0) is 101 Å². The third-order valence-corrected chi connectivity index (χ3v) is 10.9. The maximum atomic E-state index is 14.2. The normalized spacial score (nSPS) is 19.8. The third kappa shape index (κ3) is 7.02. The number of fused-ring (bicyclic) bond motifs is 1. The van der Waals surface area contributed by atoms with Crippen LogP contribution in [0.25, 0.3) is 10.1 Å². The highest BCUT2D eigenvalue weighted by Gasteiger charge is 2.45. The van der Waals surface area contributed by atoms with Crippen LogP contribution in [-0.4, -0.2) is 55.3 Å². The number of rotatable bonds is 13. The zero-order valence-corrected chi connectivity index (χ0v) is 28.4. The SMILES string of the molecule is CCOP(=O)(OCC)Oc1ccc2c(Oc3ccc(O[C@H]4CCN(C5CC5F)C4)cc3)c(C(=O)c3c(C)cc(C)cc3C)sc2c1. The second-order valence-electron chi connectivity index (χ2n) is 11.8. The molecule has 3 aromatic carbocycles. The molecule has 1 aliphatic heterocycles. The van der Waals surface area contributed by atoms with Crippen LogP contribution in [0.1, 0.15) is 58.6 Å². The molecule has 8 nitrogen and oxygen atoms in total. The average molecular weight is 668 g/mol. The van der Waals surface area contributed by atoms with E-state index < -0.39 is 14.0 Å². The molecule has 2 fully saturated rings. The smallest absolute Gasteiger partial charge is 0.489 e. The van der Waals surface area contributed by atoms with Gasteiger partial charge in [-0.25, -0.2) is 8.96 Å². The summed E-state index contributed by atoms with van der Waals surface area (Å²) in [5.74, 6) is 1.84. The number of likely N-dealkylation sites (tertiary alicyclic amines) is 1. The molecule has 11 heteroatoms. The maximum Gasteiger partial charge on any atom is 0.530 e. The van der Waals surface area contributed by atoms with Gasteiger partial charge in [-0.15, -0.1) is 11.3 Å². The molecule has 4 aromatic rings. The molecule has 2 unspecified atom stereocenters. The Bertz CT molecular complexity index is 1760. The summed E-state index contributed by atoms with van der Waals surface area (Å²) in [5.41, 5.74) is 3.50. The first-order chi connectivity index (χ1) is 22.1. The van der Waals surface area contributed by atoms with E-state index >= 15 is 0 Å². The topological polar surface area (TPSA) is 83.5 Å². The van der Waals surface area contributed by atoms with E-state index in [0.717, 1.165) is 40.9 Å². The van der Waals surface area contributed by atoms with Gasteiger partial charge in [-0.1, -0.05) is 17.7 Å². The van der Waals surface area contributed by atoms with Crippen LogP contribution in [0.2, 0.25) is 0 Å². The highest BCUT2D eigenvalue weighted by atomic mass is 32.1. The number of phosphoric ester groups is 1. The highest BCUT2D eigenvalue weighted by Crippen LogP contribution is 2.51. The van der Waals surface area contributed by atoms with Gasteiger partial charge in [0.1, 0.15) is 34.4 Å². The van der Waals surface area contributed by atoms with E-state index in [9.17, 15) is 13.8 Å². The van der Waals surface area contributed by atoms with Gasteiger partial charge in [0.2, 0.25) is 5.78 Å². The summed E-state index contributed by atoms with van der Waals surface area (Å²) >= 11 is 1.28. The Morgan fingerprint density at radius 1 is 0.957 bits per heavy atom. The van der Waals surface area contributed by atoms with Crippen LogP contribution in [0.4, 0.5) is 4.39 Å². The highest BCUT2D eigenvalue weighted by molar-refractivity contribution is 7.48. The Kier molecular flexibility index (Phi) is 9.55. The van der Waals surface area contributed by atoms with E-state index in [4.69, 9.17) is 23.0 Å². The van der Waals surface area contributed by atoms with Crippen molar-refractivity contribution in [2.24, 2.45) is 0 Å². The van der Waals surface area contributed by atoms with Gasteiger partial charge >= 0.3 is 7.82 Å². The molecule has 6 rings (SSSR count). The first kappa shape index (κ1) is 32.7. The molecule has 1 aliphatic carbocycles. The molecule has 1 aromatic heterocycles. The molecule has 244 valence electrons. The lowest BCUT2D eigenvalue weighted by Gasteiger charge is -2.17. The van der Waals surface area contributed by atoms with Gasteiger partial charge in [-0.3, -0.25) is 18.7 Å². The van der Waals surface area contributed by atoms with E-state index in [1.807, 2.05) is 57.2 Å². The summed E-state index contributed by atoms with van der Waals surface area (Å²) in [6, 6.07) is 16.6. The summed E-state index contributed by atoms with van der Waals surface area (Å²) in [6.07, 6.45) is 0.800. The van der Waals surface area contributed by atoms with Crippen molar-refractivity contribution >= 4 is 35.0 Å². The molecule has 2 aliphatic rings. The van der Waals surface area contributed by atoms with Gasteiger partial charge in [0, 0.05) is 34.8 Å². The number of thiophene rings is 1. The summed E-state index contributed by atoms with van der Waals surface area (Å²) in [5, 5.41) is 0.711. The first-order valence-electron chi connectivity index (χ1n) is 15.7. The van der Waals surface area contributed by atoms with E-state index in [2.05, 4.69) is 4.90 Å². The number of alkyl halides is 1. The van der Waals surface area contributed by atoms with Crippen molar-refractivity contribution in [2.75, 3.05) is 26.3 Å². The van der Waals surface area contributed by atoms with E-state index in [1.54, 1.807) is 32.0 Å². The Balaban J connectivity index is 1.29. The number of ether oxygens (including phenoxy) is 2. The number of nitrogens with zero attached hydrogens (tertiary/aromatic N) is 1. The Morgan fingerprint density at radius 2 is 1.59 bits per heavy atom. The Labute approximate surface area is 273 Å². The van der Waals surface area contributed by atoms with E-state index in [1.165, 1.54) is 11.3 Å². The lowest BCUT2D eigenvalue weighted by Crippen LogP contribution is -2.28. The second kappa shape index (κ2) is 13.5. The van der Waals surface area contributed by atoms with Crippen molar-refractivity contribution < 1.29 is 36.8 Å². The molecular formula is C35H39FNO7PS. The quantitative estimate of drug-likeness (QED) is 0.103. The van der Waals surface area contributed by atoms with Gasteiger partial charge in [-0.2, -0.15) is 0 Å². The fourth-order valence-corrected chi connectivity index (χ4v) is 8.41. The second-order valence-corrected chi connectivity index (χ2v) is 14.5. The minimum absolute atomic E-state index is 0.0165. The maximum absolute atomic E-state index is 14.2. The molecular weight excluding hydrogens is 628 g/mol. The molecule has 0 N–H and O–H groups in total. The van der Waals surface area contributed by atoms with Gasteiger partial charge in [0.25, 0.3) is 0 Å². The lowest BCUT2D eigenvalue weighted by atomic mass is 9.95. The van der Waals surface area contributed by atoms with Crippen LogP contribution in [0.15, 0.2) is 54.6 Å². The molecule has 0 bridgehead atoms. The van der Waals surface area contributed by atoms with Crippen molar-refractivity contribution in [3.63, 3.8) is 0 Å². The number of carbonyl (C=O) groups excluding carboxylic acids is 1. The minimum atomic E-state index is -3.81. The molecule has 0 amide bonds. The number of halogens is 1. The molecule has 46 heavy (non-hydrogen) atoms. The number of phosphoric acid groups is 1. The Morgan fingerprint density at radius 3 is 2.22 bits per heavy atom. The Hall–Kier alpha value is -3.27. The summed E-state index contributed by atoms with van der Waals surface area (Å²) < 4.78 is 56.3. The van der Waals surface area contributed by atoms with Crippen molar-refractivity contribution in [2.45, 2.75) is 65.8 Å². The predicted octanol–water partition coefficient (Wildman–Crippen LogP) is 8.97. The van der Waals surface area contributed by atoms with Crippen LogP contribution in [0.3, 0.4) is 0 Å². The average Bonchev–Trinajstić information content (AvgIpc) is 3.38. The van der Waals surface area contributed by atoms with Gasteiger partial charge in [0.15, 0.2) is 5.75 Å². The van der Waals surface area contributed by atoms with Crippen molar-refractivity contribution in [3.8, 4) is 23.0 Å². The number of hydrogen-bond donors (Lipinski definition) is 0. The van der Waals surface area contributed by atoms with E-state index in [-0.39, 0.29) is 31.1 Å². The lowest BCUT2D eigenvalue weighted by molar-refractivity contribution is 0.103. The number of aryl methyl sites for hydroxylation is 3. The van der Waals surface area contributed by atoms with Crippen LogP contribution in [0.5, 0.6) is 23.0 Å². The monoisotopic (exact) mass is 667 g/mol. The van der Waals surface area contributed by atoms with Crippen molar-refractivity contribution in [1.82, 2.24) is 4.90 Å². The fraction of sp³-hybridized carbons (Fsp3) is 0.400. The van der Waals surface area contributed by atoms with Crippen LogP contribution in [0, 0.1) is 20.8 Å². The number of ketones is 1.